The smallest absolute Gasteiger partial charge is 0.143 e. The molecule has 3 heterocycles. The molecule has 3 aromatic heterocycles. The summed E-state index contributed by atoms with van der Waals surface area (Å²) in [5, 5.41) is 1.93. The number of pyridine rings is 2. The lowest BCUT2D eigenvalue weighted by molar-refractivity contribution is 0.599. The summed E-state index contributed by atoms with van der Waals surface area (Å²) in [4.78, 5) is 9.57. The van der Waals surface area contributed by atoms with Gasteiger partial charge in [0.15, 0.2) is 0 Å². The Morgan fingerprint density at radius 2 is 1.02 bits per heavy atom. The van der Waals surface area contributed by atoms with E-state index in [1.807, 2.05) is 121 Å². The van der Waals surface area contributed by atoms with Crippen molar-refractivity contribution in [2.45, 2.75) is 0 Å². The van der Waals surface area contributed by atoms with Crippen LogP contribution in [0.5, 0.6) is 0 Å². The molecule has 0 saturated heterocycles. The van der Waals surface area contributed by atoms with Gasteiger partial charge in [0.2, 0.25) is 0 Å². The van der Waals surface area contributed by atoms with E-state index < -0.39 is 12.1 Å². The highest BCUT2D eigenvalue weighted by molar-refractivity contribution is 6.11. The first-order valence-corrected chi connectivity index (χ1v) is 15.3. The number of hydrogen-bond donors (Lipinski definition) is 0. The fourth-order valence-corrected chi connectivity index (χ4v) is 6.32. The van der Waals surface area contributed by atoms with Crippen LogP contribution in [0.1, 0.15) is 8.22 Å². The molecule has 0 amide bonds. The molecule has 0 aliphatic heterocycles. The van der Waals surface area contributed by atoms with Crippen molar-refractivity contribution in [3.63, 3.8) is 0 Å². The maximum atomic E-state index is 9.80. The Morgan fingerprint density at radius 3 is 1.70 bits per heavy atom. The molecule has 0 unspecified atom stereocenters. The Balaban J connectivity index is 1.47. The lowest BCUT2D eigenvalue weighted by Gasteiger charge is -2.14. The molecular formula is C44H28N2O. The minimum absolute atomic E-state index is 0.104. The molecule has 47 heavy (non-hydrogen) atoms. The van der Waals surface area contributed by atoms with E-state index in [0.717, 1.165) is 21.9 Å². The van der Waals surface area contributed by atoms with Crippen molar-refractivity contribution < 1.29 is 12.6 Å². The molecule has 0 aliphatic carbocycles. The summed E-state index contributed by atoms with van der Waals surface area (Å²) in [5.74, 6) is 0.948. The molecule has 0 spiro atoms. The van der Waals surface area contributed by atoms with E-state index in [4.69, 9.17) is 12.1 Å². The van der Waals surface area contributed by atoms with Crippen LogP contribution in [0.2, 0.25) is 0 Å². The summed E-state index contributed by atoms with van der Waals surface area (Å²) in [6.07, 6.45) is 1.69. The predicted octanol–water partition coefficient (Wildman–Crippen LogP) is 11.9. The Morgan fingerprint density at radius 1 is 0.468 bits per heavy atom. The van der Waals surface area contributed by atoms with E-state index in [0.29, 0.717) is 44.9 Å². The second-order valence-corrected chi connectivity index (χ2v) is 11.3. The van der Waals surface area contributed by atoms with E-state index in [1.165, 1.54) is 0 Å². The molecule has 9 aromatic rings. The van der Waals surface area contributed by atoms with E-state index in [-0.39, 0.29) is 46.1 Å². The van der Waals surface area contributed by atoms with Crippen molar-refractivity contribution in [1.29, 1.82) is 0 Å². The van der Waals surface area contributed by atoms with Crippen LogP contribution in [0.4, 0.5) is 0 Å². The predicted molar refractivity (Wildman–Crippen MR) is 194 cm³/mol. The molecule has 0 N–H and O–H groups in total. The maximum absolute atomic E-state index is 9.80. The van der Waals surface area contributed by atoms with Crippen molar-refractivity contribution in [1.82, 2.24) is 9.97 Å². The van der Waals surface area contributed by atoms with Gasteiger partial charge in [-0.05, 0) is 34.0 Å². The van der Waals surface area contributed by atoms with Crippen molar-refractivity contribution in [2.24, 2.45) is 0 Å². The standard InChI is InChI=1S/C44H28N2O/c1-4-13-29(14-5-1)39-40(44(33-17-8-3-9-18-33)47-43(39)32-15-6-2-7-16-32)37-26-25-36(34-20-10-11-21-35(34)37)38-27-24-31-23-22-30-19-12-28-45-41(30)42(31)46-38/h1-28H/i10D,11D,20D,21D,25D,26D. The Bertz CT molecular complexity index is 2890. The molecule has 6 aromatic carbocycles. The minimum atomic E-state index is -0.442. The number of nitrogens with zero attached hydrogens (tertiary/aromatic N) is 2. The van der Waals surface area contributed by atoms with Gasteiger partial charge in [0.1, 0.15) is 11.5 Å². The highest BCUT2D eigenvalue weighted by atomic mass is 16.3. The summed E-state index contributed by atoms with van der Waals surface area (Å²) in [6.45, 7) is 0. The number of hydrogen-bond acceptors (Lipinski definition) is 3. The number of furan rings is 1. The quantitative estimate of drug-likeness (QED) is 0.183. The Kier molecular flexibility index (Phi) is 5.12. The van der Waals surface area contributed by atoms with Gasteiger partial charge in [-0.25, -0.2) is 4.98 Å². The fraction of sp³-hybridized carbons (Fsp3) is 0. The third-order valence-corrected chi connectivity index (χ3v) is 8.48. The molecule has 0 saturated carbocycles. The molecule has 9 rings (SSSR count). The van der Waals surface area contributed by atoms with Crippen molar-refractivity contribution in [3.05, 3.63) is 170 Å². The molecular weight excluding hydrogens is 572 g/mol. The largest absolute Gasteiger partial charge is 0.455 e. The van der Waals surface area contributed by atoms with E-state index >= 15 is 0 Å². The minimum Gasteiger partial charge on any atom is -0.455 e. The third-order valence-electron chi connectivity index (χ3n) is 8.48. The normalized spacial score (nSPS) is 13.2. The van der Waals surface area contributed by atoms with Gasteiger partial charge in [-0.15, -0.1) is 0 Å². The van der Waals surface area contributed by atoms with Gasteiger partial charge in [-0.2, -0.15) is 0 Å². The lowest BCUT2D eigenvalue weighted by atomic mass is 9.87. The number of aromatic nitrogens is 2. The molecule has 3 nitrogen and oxygen atoms in total. The second kappa shape index (κ2) is 11.2. The molecule has 0 radical (unpaired) electrons. The van der Waals surface area contributed by atoms with Crippen molar-refractivity contribution in [3.8, 4) is 56.2 Å². The molecule has 0 fully saturated rings. The Hall–Kier alpha value is -6.32. The van der Waals surface area contributed by atoms with Gasteiger partial charge >= 0.3 is 0 Å². The van der Waals surface area contributed by atoms with Crippen LogP contribution in [0.15, 0.2) is 174 Å². The first-order valence-electron chi connectivity index (χ1n) is 18.3. The fourth-order valence-electron chi connectivity index (χ4n) is 6.32. The third kappa shape index (κ3) is 4.60. The maximum Gasteiger partial charge on any atom is 0.143 e. The van der Waals surface area contributed by atoms with Gasteiger partial charge in [0.05, 0.1) is 25.0 Å². The van der Waals surface area contributed by atoms with Crippen LogP contribution in [-0.4, -0.2) is 9.97 Å². The average Bonchev–Trinajstić information content (AvgIpc) is 3.61. The van der Waals surface area contributed by atoms with Crippen LogP contribution in [0.25, 0.3) is 88.7 Å². The molecule has 3 heteroatoms. The second-order valence-electron chi connectivity index (χ2n) is 11.3. The van der Waals surface area contributed by atoms with Gasteiger partial charge in [0, 0.05) is 44.8 Å². The zero-order valence-corrected chi connectivity index (χ0v) is 25.0. The van der Waals surface area contributed by atoms with Crippen LogP contribution < -0.4 is 0 Å². The zero-order valence-electron chi connectivity index (χ0n) is 31.0. The van der Waals surface area contributed by atoms with Crippen LogP contribution in [0, 0.1) is 0 Å². The summed E-state index contributed by atoms with van der Waals surface area (Å²) in [5.41, 5.74) is 5.27. The van der Waals surface area contributed by atoms with Gasteiger partial charge < -0.3 is 4.42 Å². The zero-order chi connectivity index (χ0) is 36.4. The topological polar surface area (TPSA) is 38.9 Å². The van der Waals surface area contributed by atoms with Gasteiger partial charge in [-0.3, -0.25) is 4.98 Å². The molecule has 0 aliphatic rings. The van der Waals surface area contributed by atoms with Crippen LogP contribution >= 0.6 is 0 Å². The summed E-state index contributed by atoms with van der Waals surface area (Å²) in [6, 6.07) is 38.1. The summed E-state index contributed by atoms with van der Waals surface area (Å²) >= 11 is 0. The Labute approximate surface area is 280 Å². The van der Waals surface area contributed by atoms with Crippen LogP contribution in [-0.2, 0) is 0 Å². The molecule has 0 atom stereocenters. The number of benzene rings is 6. The van der Waals surface area contributed by atoms with Crippen molar-refractivity contribution in [2.75, 3.05) is 0 Å². The number of fused-ring (bicyclic) bond motifs is 4. The monoisotopic (exact) mass is 606 g/mol. The molecule has 0 bridgehead atoms. The van der Waals surface area contributed by atoms with Crippen LogP contribution in [0.3, 0.4) is 0 Å². The van der Waals surface area contributed by atoms with Gasteiger partial charge in [0.25, 0.3) is 0 Å². The van der Waals surface area contributed by atoms with E-state index in [1.54, 1.807) is 12.3 Å². The SMILES string of the molecule is [2H]c1c([2H])c([2H])c2c(-c3c(-c4ccccc4)oc(-c4ccccc4)c3-c3ccccc3)c([2H])c([2H])c(-c3ccc4ccc5cccnc5c4n3)c2c1[2H]. The first-order chi connectivity index (χ1) is 25.8. The summed E-state index contributed by atoms with van der Waals surface area (Å²) in [7, 11) is 0. The number of rotatable bonds is 5. The highest BCUT2D eigenvalue weighted by Gasteiger charge is 2.26. The van der Waals surface area contributed by atoms with Crippen molar-refractivity contribution >= 4 is 32.6 Å². The van der Waals surface area contributed by atoms with Gasteiger partial charge in [-0.1, -0.05) is 152 Å². The van der Waals surface area contributed by atoms with E-state index in [9.17, 15) is 5.48 Å². The first kappa shape index (κ1) is 21.4. The van der Waals surface area contributed by atoms with E-state index in [2.05, 4.69) is 4.98 Å². The molecule has 220 valence electrons. The highest BCUT2D eigenvalue weighted by Crippen LogP contribution is 2.50. The lowest BCUT2D eigenvalue weighted by Crippen LogP contribution is -1.92. The average molecular weight is 607 g/mol. The summed E-state index contributed by atoms with van der Waals surface area (Å²) < 4.78 is 62.7.